The predicted octanol–water partition coefficient (Wildman–Crippen LogP) is 3.81. The van der Waals surface area contributed by atoms with Gasteiger partial charge in [0.15, 0.2) is 0 Å². The van der Waals surface area contributed by atoms with E-state index in [4.69, 9.17) is 4.74 Å². The molecule has 5 saturated carbocycles. The van der Waals surface area contributed by atoms with Crippen LogP contribution >= 0.6 is 0 Å². The van der Waals surface area contributed by atoms with Crippen molar-refractivity contribution >= 4 is 5.91 Å². The van der Waals surface area contributed by atoms with E-state index in [-0.39, 0.29) is 55.2 Å². The number of aryl methyl sites for hydroxylation is 1. The molecule has 1 aromatic heterocycles. The molecule has 7 nitrogen and oxygen atoms in total. The first kappa shape index (κ1) is 23.9. The molecule has 5 fully saturated rings. The maximum absolute atomic E-state index is 12.3. The number of rotatable bonds is 8. The number of alkyl halides is 6. The second-order valence-corrected chi connectivity index (χ2v) is 10.1. The minimum atomic E-state index is -4.66. The molecule has 0 aliphatic heterocycles. The molecule has 190 valence electrons. The normalized spacial score (nSPS) is 36.7. The predicted molar refractivity (Wildman–Crippen MR) is 102 cm³/mol. The van der Waals surface area contributed by atoms with Crippen molar-refractivity contribution in [1.29, 1.82) is 0 Å². The Morgan fingerprint density at radius 2 is 1.59 bits per heavy atom. The van der Waals surface area contributed by atoms with Gasteiger partial charge in [-0.15, -0.1) is 26.3 Å². The summed E-state index contributed by atoms with van der Waals surface area (Å²) in [6.07, 6.45) is -6.60. The van der Waals surface area contributed by atoms with Crippen LogP contribution in [0.15, 0.2) is 6.20 Å². The molecular weight excluding hydrogens is 472 g/mol. The van der Waals surface area contributed by atoms with E-state index < -0.39 is 31.0 Å². The quantitative estimate of drug-likeness (QED) is 0.553. The van der Waals surface area contributed by atoms with E-state index in [9.17, 15) is 31.1 Å². The summed E-state index contributed by atoms with van der Waals surface area (Å²) in [6.45, 7) is 1.65. The number of hydrogen-bond donors (Lipinski definition) is 1. The minimum Gasteiger partial charge on any atom is -0.368 e. The Kier molecular flexibility index (Phi) is 5.49. The number of carbonyl (C=O) groups excluding carboxylic acids is 1. The third kappa shape index (κ3) is 4.66. The molecule has 1 amide bonds. The summed E-state index contributed by atoms with van der Waals surface area (Å²) < 4.78 is 88.8. The lowest BCUT2D eigenvalue weighted by atomic mass is 9.44. The molecule has 0 saturated heterocycles. The Hall–Kier alpha value is -1.86. The Morgan fingerprint density at radius 3 is 2.15 bits per heavy atom. The number of ether oxygens (including phenoxy) is 3. The van der Waals surface area contributed by atoms with E-state index in [1.54, 1.807) is 0 Å². The van der Waals surface area contributed by atoms with Gasteiger partial charge in [-0.1, -0.05) is 0 Å². The van der Waals surface area contributed by atoms with Crippen LogP contribution in [0.2, 0.25) is 0 Å². The molecule has 0 spiro atoms. The molecule has 13 heteroatoms. The molecule has 1 heterocycles. The zero-order chi connectivity index (χ0) is 24.5. The zero-order valence-electron chi connectivity index (χ0n) is 18.3. The first-order chi connectivity index (χ1) is 15.7. The van der Waals surface area contributed by atoms with Crippen molar-refractivity contribution in [2.45, 2.75) is 99.9 Å². The van der Waals surface area contributed by atoms with Gasteiger partial charge >= 0.3 is 12.7 Å². The number of imidazole rings is 1. The van der Waals surface area contributed by atoms with E-state index in [0.717, 1.165) is 30.8 Å². The average molecular weight is 497 g/mol. The number of halogens is 6. The third-order valence-corrected chi connectivity index (χ3v) is 7.43. The van der Waals surface area contributed by atoms with Gasteiger partial charge in [-0.3, -0.25) is 14.3 Å². The Morgan fingerprint density at radius 1 is 1.03 bits per heavy atom. The number of hydrogen-bond acceptors (Lipinski definition) is 5. The number of nitrogens with zero attached hydrogens (tertiary/aromatic N) is 2. The lowest BCUT2D eigenvalue weighted by molar-refractivity contribution is -0.357. The van der Waals surface area contributed by atoms with Crippen LogP contribution in [0.25, 0.3) is 0 Å². The highest BCUT2D eigenvalue weighted by molar-refractivity contribution is 5.78. The second-order valence-electron chi connectivity index (χ2n) is 10.1. The van der Waals surface area contributed by atoms with Crippen LogP contribution in [-0.4, -0.2) is 58.6 Å². The maximum atomic E-state index is 12.3. The molecule has 2 bridgehead atoms. The summed E-state index contributed by atoms with van der Waals surface area (Å²) in [5, 5.41) is 2.97. The van der Waals surface area contributed by atoms with E-state index in [0.29, 0.717) is 0 Å². The standard InChI is InChI=1S/C21H25F6N3O4/c1-11-28-16(12-2-14(3-12)33-20(22,23)24)6-30(11)19-8-18(9-19,10-19)29-17(31)7-32-13-4-15(5-13)34-21(25,26)27/h6,12-15H,2-5,7-10H2,1H3,(H,29,31)/t12-,13-,14-,15+,18?,19?. The third-order valence-electron chi connectivity index (χ3n) is 7.43. The number of aromatic nitrogens is 2. The van der Waals surface area contributed by atoms with Crippen molar-refractivity contribution < 1.29 is 45.3 Å². The van der Waals surface area contributed by atoms with Gasteiger partial charge in [-0.05, 0) is 39.0 Å². The monoisotopic (exact) mass is 497 g/mol. The molecule has 6 rings (SSSR count). The summed E-state index contributed by atoms with van der Waals surface area (Å²) in [7, 11) is 0. The summed E-state index contributed by atoms with van der Waals surface area (Å²) >= 11 is 0. The van der Waals surface area contributed by atoms with E-state index in [2.05, 4.69) is 24.3 Å². The van der Waals surface area contributed by atoms with Crippen molar-refractivity contribution in [3.05, 3.63) is 17.7 Å². The van der Waals surface area contributed by atoms with Gasteiger partial charge in [0.05, 0.1) is 29.5 Å². The number of carbonyl (C=O) groups is 1. The van der Waals surface area contributed by atoms with Gasteiger partial charge in [0, 0.05) is 30.5 Å². The van der Waals surface area contributed by atoms with Crippen molar-refractivity contribution in [1.82, 2.24) is 14.9 Å². The fourth-order valence-electron chi connectivity index (χ4n) is 5.85. The van der Waals surface area contributed by atoms with Crippen LogP contribution in [0.3, 0.4) is 0 Å². The SMILES string of the molecule is Cc1nc([C@H]2C[C@H](OC(F)(F)F)C2)cn1C12CC(NC(=O)CO[C@H]3C[C@@H](OC(F)(F)F)C3)(C1)C2. The van der Waals surface area contributed by atoms with Crippen LogP contribution in [0.5, 0.6) is 0 Å². The Balaban J connectivity index is 1.04. The number of nitrogens with one attached hydrogen (secondary N) is 1. The van der Waals surface area contributed by atoms with Gasteiger partial charge in [0.2, 0.25) is 5.91 Å². The highest BCUT2D eigenvalue weighted by Crippen LogP contribution is 2.65. The van der Waals surface area contributed by atoms with E-state index in [1.165, 1.54) is 0 Å². The van der Waals surface area contributed by atoms with Gasteiger partial charge in [-0.25, -0.2) is 4.98 Å². The number of amides is 1. The van der Waals surface area contributed by atoms with Gasteiger partial charge < -0.3 is 14.6 Å². The minimum absolute atomic E-state index is 0.0573. The van der Waals surface area contributed by atoms with Crippen molar-refractivity contribution in [2.24, 2.45) is 0 Å². The highest BCUT2D eigenvalue weighted by Gasteiger charge is 2.70. The molecular formula is C21H25F6N3O4. The average Bonchev–Trinajstić information content (AvgIpc) is 2.93. The van der Waals surface area contributed by atoms with Gasteiger partial charge in [0.1, 0.15) is 12.4 Å². The van der Waals surface area contributed by atoms with Gasteiger partial charge in [-0.2, -0.15) is 0 Å². The summed E-state index contributed by atoms with van der Waals surface area (Å²) in [5.41, 5.74) is 0.302. The molecule has 0 aromatic carbocycles. The fraction of sp³-hybridized carbons (Fsp3) is 0.810. The summed E-state index contributed by atoms with van der Waals surface area (Å²) in [4.78, 5) is 16.8. The van der Waals surface area contributed by atoms with E-state index in [1.807, 2.05) is 13.1 Å². The second kappa shape index (κ2) is 7.82. The summed E-state index contributed by atoms with van der Waals surface area (Å²) in [5.74, 6) is 0.429. The Bertz CT molecular complexity index is 930. The lowest BCUT2D eigenvalue weighted by Crippen LogP contribution is -2.79. The van der Waals surface area contributed by atoms with Crippen molar-refractivity contribution in [2.75, 3.05) is 6.61 Å². The van der Waals surface area contributed by atoms with Gasteiger partial charge in [0.25, 0.3) is 0 Å². The van der Waals surface area contributed by atoms with Crippen molar-refractivity contribution in [3.63, 3.8) is 0 Å². The largest absolute Gasteiger partial charge is 0.522 e. The van der Waals surface area contributed by atoms with Crippen molar-refractivity contribution in [3.8, 4) is 0 Å². The maximum Gasteiger partial charge on any atom is 0.522 e. The van der Waals surface area contributed by atoms with E-state index >= 15 is 0 Å². The van der Waals surface area contributed by atoms with Crippen LogP contribution in [-0.2, 0) is 24.5 Å². The molecule has 5 aliphatic carbocycles. The summed E-state index contributed by atoms with van der Waals surface area (Å²) in [6, 6.07) is 0. The molecule has 1 N–H and O–H groups in total. The van der Waals surface area contributed by atoms with Crippen LogP contribution < -0.4 is 5.32 Å². The molecule has 0 atom stereocenters. The topological polar surface area (TPSA) is 74.6 Å². The molecule has 0 radical (unpaired) electrons. The smallest absolute Gasteiger partial charge is 0.368 e. The molecule has 5 aliphatic rings. The molecule has 0 unspecified atom stereocenters. The van der Waals surface area contributed by atoms with Crippen LogP contribution in [0.4, 0.5) is 26.3 Å². The lowest BCUT2D eigenvalue weighted by Gasteiger charge is -2.70. The molecule has 34 heavy (non-hydrogen) atoms. The van der Waals surface area contributed by atoms with Crippen LogP contribution in [0.1, 0.15) is 62.4 Å². The highest BCUT2D eigenvalue weighted by atomic mass is 19.4. The van der Waals surface area contributed by atoms with Crippen LogP contribution in [0, 0.1) is 6.92 Å². The first-order valence-corrected chi connectivity index (χ1v) is 11.2. The fourth-order valence-corrected chi connectivity index (χ4v) is 5.85. The Labute approximate surface area is 191 Å². The zero-order valence-corrected chi connectivity index (χ0v) is 18.3. The first-order valence-electron chi connectivity index (χ1n) is 11.2. The molecule has 1 aromatic rings.